The van der Waals surface area contributed by atoms with Gasteiger partial charge in [-0.3, -0.25) is 4.79 Å². The SMILES string of the molecule is COCCCC(=O)N1C[C@@H]2CCCN[C@@H]2C1. The highest BCUT2D eigenvalue weighted by atomic mass is 16.5. The fraction of sp³-hybridized carbons (Fsp3) is 0.917. The fourth-order valence-corrected chi connectivity index (χ4v) is 2.78. The minimum Gasteiger partial charge on any atom is -0.385 e. The van der Waals surface area contributed by atoms with Crippen molar-refractivity contribution in [2.24, 2.45) is 5.92 Å². The maximum absolute atomic E-state index is 11.9. The van der Waals surface area contributed by atoms with Crippen LogP contribution < -0.4 is 5.32 Å². The van der Waals surface area contributed by atoms with E-state index in [-0.39, 0.29) is 0 Å². The lowest BCUT2D eigenvalue weighted by Crippen LogP contribution is -2.41. The molecule has 1 N–H and O–H groups in total. The van der Waals surface area contributed by atoms with Crippen LogP contribution in [-0.2, 0) is 9.53 Å². The van der Waals surface area contributed by atoms with E-state index in [2.05, 4.69) is 5.32 Å². The summed E-state index contributed by atoms with van der Waals surface area (Å²) < 4.78 is 4.97. The van der Waals surface area contributed by atoms with E-state index in [9.17, 15) is 4.79 Å². The van der Waals surface area contributed by atoms with Crippen molar-refractivity contribution < 1.29 is 9.53 Å². The van der Waals surface area contributed by atoms with Gasteiger partial charge in [0.2, 0.25) is 5.91 Å². The summed E-state index contributed by atoms with van der Waals surface area (Å²) in [4.78, 5) is 13.9. The molecule has 1 amide bonds. The molecule has 2 aliphatic rings. The Hall–Kier alpha value is -0.610. The number of amides is 1. The molecule has 2 fully saturated rings. The zero-order valence-corrected chi connectivity index (χ0v) is 10.1. The van der Waals surface area contributed by atoms with Crippen LogP contribution in [0, 0.1) is 5.92 Å². The number of ether oxygens (including phenoxy) is 1. The maximum atomic E-state index is 11.9. The van der Waals surface area contributed by atoms with Gasteiger partial charge in [0.15, 0.2) is 0 Å². The molecule has 92 valence electrons. The van der Waals surface area contributed by atoms with Gasteiger partial charge in [0.25, 0.3) is 0 Å². The summed E-state index contributed by atoms with van der Waals surface area (Å²) in [5, 5.41) is 3.51. The second kappa shape index (κ2) is 5.64. The molecule has 0 unspecified atom stereocenters. The van der Waals surface area contributed by atoms with Gasteiger partial charge in [-0.15, -0.1) is 0 Å². The Morgan fingerprint density at radius 3 is 3.12 bits per heavy atom. The van der Waals surface area contributed by atoms with Gasteiger partial charge in [-0.1, -0.05) is 0 Å². The first kappa shape index (κ1) is 11.9. The van der Waals surface area contributed by atoms with Crippen LogP contribution in [-0.4, -0.2) is 50.2 Å². The van der Waals surface area contributed by atoms with Gasteiger partial charge in [-0.2, -0.15) is 0 Å². The molecular weight excluding hydrogens is 204 g/mol. The highest BCUT2D eigenvalue weighted by molar-refractivity contribution is 5.76. The van der Waals surface area contributed by atoms with Crippen molar-refractivity contribution in [2.75, 3.05) is 33.4 Å². The lowest BCUT2D eigenvalue weighted by molar-refractivity contribution is -0.130. The number of carbonyl (C=O) groups excluding carboxylic acids is 1. The number of likely N-dealkylation sites (tertiary alicyclic amines) is 1. The number of methoxy groups -OCH3 is 1. The van der Waals surface area contributed by atoms with Crippen molar-refractivity contribution in [3.05, 3.63) is 0 Å². The van der Waals surface area contributed by atoms with Crippen LogP contribution in [0.3, 0.4) is 0 Å². The number of rotatable bonds is 4. The van der Waals surface area contributed by atoms with Gasteiger partial charge in [-0.25, -0.2) is 0 Å². The molecule has 0 aliphatic carbocycles. The number of piperidine rings is 1. The van der Waals surface area contributed by atoms with Crippen molar-refractivity contribution in [1.29, 1.82) is 0 Å². The Bertz CT molecular complexity index is 231. The molecule has 0 aromatic rings. The molecule has 0 aromatic carbocycles. The number of fused-ring (bicyclic) bond motifs is 1. The Morgan fingerprint density at radius 1 is 1.50 bits per heavy atom. The molecule has 4 nitrogen and oxygen atoms in total. The van der Waals surface area contributed by atoms with Gasteiger partial charge in [0.05, 0.1) is 0 Å². The summed E-state index contributed by atoms with van der Waals surface area (Å²) in [6.45, 7) is 3.68. The van der Waals surface area contributed by atoms with Crippen LogP contribution >= 0.6 is 0 Å². The molecule has 16 heavy (non-hydrogen) atoms. The molecule has 0 aromatic heterocycles. The van der Waals surface area contributed by atoms with Gasteiger partial charge in [0, 0.05) is 39.3 Å². The highest BCUT2D eigenvalue weighted by Gasteiger charge is 2.35. The average molecular weight is 226 g/mol. The molecule has 0 bridgehead atoms. The number of hydrogen-bond donors (Lipinski definition) is 1. The standard InChI is InChI=1S/C12H22N2O2/c1-16-7-3-5-12(15)14-8-10-4-2-6-13-11(10)9-14/h10-11,13H,2-9H2,1H3/t10-,11+/m0/s1. The normalized spacial score (nSPS) is 29.2. The Morgan fingerprint density at radius 2 is 2.38 bits per heavy atom. The van der Waals surface area contributed by atoms with Crippen molar-refractivity contribution in [3.8, 4) is 0 Å². The van der Waals surface area contributed by atoms with E-state index in [1.54, 1.807) is 7.11 Å². The summed E-state index contributed by atoms with van der Waals surface area (Å²) >= 11 is 0. The van der Waals surface area contributed by atoms with E-state index < -0.39 is 0 Å². The molecule has 0 radical (unpaired) electrons. The van der Waals surface area contributed by atoms with E-state index in [1.165, 1.54) is 12.8 Å². The van der Waals surface area contributed by atoms with Crippen LogP contribution in [0.15, 0.2) is 0 Å². The van der Waals surface area contributed by atoms with Gasteiger partial charge in [0.1, 0.15) is 0 Å². The molecule has 2 heterocycles. The number of hydrogen-bond acceptors (Lipinski definition) is 3. The quantitative estimate of drug-likeness (QED) is 0.715. The summed E-state index contributed by atoms with van der Waals surface area (Å²) in [5.74, 6) is 0.994. The van der Waals surface area contributed by atoms with Crippen molar-refractivity contribution >= 4 is 5.91 Å². The van der Waals surface area contributed by atoms with Crippen LogP contribution in [0.5, 0.6) is 0 Å². The largest absolute Gasteiger partial charge is 0.385 e. The molecule has 0 spiro atoms. The van der Waals surface area contributed by atoms with Crippen LogP contribution in [0.2, 0.25) is 0 Å². The topological polar surface area (TPSA) is 41.6 Å². The zero-order valence-electron chi connectivity index (χ0n) is 10.1. The van der Waals surface area contributed by atoms with E-state index in [0.717, 1.165) is 26.1 Å². The second-order valence-electron chi connectivity index (χ2n) is 4.86. The van der Waals surface area contributed by atoms with Crippen molar-refractivity contribution in [3.63, 3.8) is 0 Å². The van der Waals surface area contributed by atoms with Gasteiger partial charge >= 0.3 is 0 Å². The van der Waals surface area contributed by atoms with Crippen molar-refractivity contribution in [1.82, 2.24) is 10.2 Å². The molecule has 2 saturated heterocycles. The Balaban J connectivity index is 1.76. The molecular formula is C12H22N2O2. The lowest BCUT2D eigenvalue weighted by atomic mass is 9.94. The van der Waals surface area contributed by atoms with E-state index in [1.807, 2.05) is 4.90 Å². The monoisotopic (exact) mass is 226 g/mol. The summed E-state index contributed by atoms with van der Waals surface area (Å²) in [6, 6.07) is 0.556. The Kier molecular flexibility index (Phi) is 4.18. The number of nitrogens with one attached hydrogen (secondary N) is 1. The van der Waals surface area contributed by atoms with E-state index >= 15 is 0 Å². The molecule has 2 atom stereocenters. The predicted octanol–water partition coefficient (Wildman–Crippen LogP) is 0.623. The third-order valence-electron chi connectivity index (χ3n) is 3.69. The van der Waals surface area contributed by atoms with E-state index in [4.69, 9.17) is 4.74 Å². The van der Waals surface area contributed by atoms with Crippen LogP contribution in [0.1, 0.15) is 25.7 Å². The van der Waals surface area contributed by atoms with Crippen LogP contribution in [0.4, 0.5) is 0 Å². The smallest absolute Gasteiger partial charge is 0.222 e. The summed E-state index contributed by atoms with van der Waals surface area (Å²) in [6.07, 6.45) is 4.01. The van der Waals surface area contributed by atoms with Crippen LogP contribution in [0.25, 0.3) is 0 Å². The van der Waals surface area contributed by atoms with E-state index in [0.29, 0.717) is 30.9 Å². The molecule has 0 saturated carbocycles. The number of carbonyl (C=O) groups is 1. The first-order valence-electron chi connectivity index (χ1n) is 6.31. The third kappa shape index (κ3) is 2.74. The summed E-state index contributed by atoms with van der Waals surface area (Å²) in [7, 11) is 1.68. The first-order valence-corrected chi connectivity index (χ1v) is 6.31. The Labute approximate surface area is 97.3 Å². The molecule has 2 rings (SSSR count). The molecule has 4 heteroatoms. The molecule has 2 aliphatic heterocycles. The van der Waals surface area contributed by atoms with Gasteiger partial charge < -0.3 is 15.0 Å². The lowest BCUT2D eigenvalue weighted by Gasteiger charge is -2.24. The zero-order chi connectivity index (χ0) is 11.4. The highest BCUT2D eigenvalue weighted by Crippen LogP contribution is 2.25. The minimum absolute atomic E-state index is 0.299. The first-order chi connectivity index (χ1) is 7.81. The minimum atomic E-state index is 0.299. The predicted molar refractivity (Wildman–Crippen MR) is 62.2 cm³/mol. The summed E-state index contributed by atoms with van der Waals surface area (Å²) in [5.41, 5.74) is 0. The second-order valence-corrected chi connectivity index (χ2v) is 4.86. The number of nitrogens with zero attached hydrogens (tertiary/aromatic N) is 1. The average Bonchev–Trinajstić information content (AvgIpc) is 2.73. The fourth-order valence-electron chi connectivity index (χ4n) is 2.78. The van der Waals surface area contributed by atoms with Gasteiger partial charge in [-0.05, 0) is 31.7 Å². The van der Waals surface area contributed by atoms with Crippen molar-refractivity contribution in [2.45, 2.75) is 31.7 Å². The third-order valence-corrected chi connectivity index (χ3v) is 3.69. The maximum Gasteiger partial charge on any atom is 0.222 e.